The Balaban J connectivity index is 1.79. The molecule has 0 bridgehead atoms. The Morgan fingerprint density at radius 2 is 1.78 bits per heavy atom. The number of aryl methyl sites for hydroxylation is 2. The van der Waals surface area contributed by atoms with Crippen LogP contribution in [0.5, 0.6) is 0 Å². The number of halogens is 1. The summed E-state index contributed by atoms with van der Waals surface area (Å²) in [6.45, 7) is 0. The molecule has 0 saturated heterocycles. The maximum absolute atomic E-state index is 5.84. The largest absolute Gasteiger partial charge is 0.341 e. The minimum Gasteiger partial charge on any atom is -0.341 e. The van der Waals surface area contributed by atoms with Gasteiger partial charge in [-0.05, 0) is 24.1 Å². The average Bonchev–Trinajstić information content (AvgIpc) is 2.79. The molecule has 2 heterocycles. The maximum atomic E-state index is 5.84. The molecule has 3 nitrogen and oxygen atoms in total. The Kier molecular flexibility index (Phi) is 2.99. The smallest absolute Gasteiger partial charge is 0.179 e. The molecular weight excluding hydrogens is 246 g/mol. The Hall–Kier alpha value is -1.87. The highest BCUT2D eigenvalue weighted by Gasteiger charge is 2.04. The van der Waals surface area contributed by atoms with Gasteiger partial charge >= 0.3 is 0 Å². The van der Waals surface area contributed by atoms with E-state index in [1.807, 2.05) is 12.1 Å². The number of nitrogens with one attached hydrogen (secondary N) is 1. The van der Waals surface area contributed by atoms with E-state index in [9.17, 15) is 0 Å². The van der Waals surface area contributed by atoms with E-state index in [2.05, 4.69) is 39.2 Å². The third-order valence-corrected chi connectivity index (χ3v) is 3.06. The van der Waals surface area contributed by atoms with Crippen molar-refractivity contribution in [2.45, 2.75) is 12.8 Å². The van der Waals surface area contributed by atoms with Crippen molar-refractivity contribution in [3.05, 3.63) is 59.0 Å². The molecule has 3 aromatic rings. The molecule has 0 spiro atoms. The van der Waals surface area contributed by atoms with Gasteiger partial charge in [-0.1, -0.05) is 41.9 Å². The van der Waals surface area contributed by atoms with Crippen molar-refractivity contribution in [2.24, 2.45) is 0 Å². The molecule has 2 aromatic heterocycles. The predicted octanol–water partition coefficient (Wildman–Crippen LogP) is 3.40. The van der Waals surface area contributed by atoms with Crippen molar-refractivity contribution >= 4 is 22.8 Å². The van der Waals surface area contributed by atoms with Crippen molar-refractivity contribution in [3.8, 4) is 0 Å². The van der Waals surface area contributed by atoms with E-state index in [0.717, 1.165) is 24.2 Å². The van der Waals surface area contributed by atoms with E-state index in [4.69, 9.17) is 11.6 Å². The fourth-order valence-corrected chi connectivity index (χ4v) is 2.09. The molecule has 0 amide bonds. The van der Waals surface area contributed by atoms with Crippen LogP contribution in [0.2, 0.25) is 5.15 Å². The van der Waals surface area contributed by atoms with E-state index in [0.29, 0.717) is 10.8 Å². The zero-order valence-electron chi connectivity index (χ0n) is 9.73. The lowest BCUT2D eigenvalue weighted by atomic mass is 10.1. The van der Waals surface area contributed by atoms with Gasteiger partial charge in [-0.25, -0.2) is 9.97 Å². The van der Waals surface area contributed by atoms with Crippen LogP contribution in [0.15, 0.2) is 42.5 Å². The summed E-state index contributed by atoms with van der Waals surface area (Å²) >= 11 is 5.84. The average molecular weight is 258 g/mol. The van der Waals surface area contributed by atoms with Crippen LogP contribution in [-0.2, 0) is 12.8 Å². The highest BCUT2D eigenvalue weighted by Crippen LogP contribution is 2.14. The topological polar surface area (TPSA) is 41.6 Å². The third-order valence-electron chi connectivity index (χ3n) is 2.85. The number of rotatable bonds is 3. The first-order valence-corrected chi connectivity index (χ1v) is 6.24. The molecule has 1 aromatic carbocycles. The fraction of sp³-hybridized carbons (Fsp3) is 0.143. The molecule has 1 N–H and O–H groups in total. The summed E-state index contributed by atoms with van der Waals surface area (Å²) in [7, 11) is 0. The number of imidazole rings is 1. The van der Waals surface area contributed by atoms with Gasteiger partial charge in [0.1, 0.15) is 11.0 Å². The Labute approximate surface area is 110 Å². The van der Waals surface area contributed by atoms with Crippen molar-refractivity contribution in [3.63, 3.8) is 0 Å². The first kappa shape index (κ1) is 11.2. The predicted molar refractivity (Wildman–Crippen MR) is 72.7 cm³/mol. The number of hydrogen-bond donors (Lipinski definition) is 1. The van der Waals surface area contributed by atoms with Crippen LogP contribution in [0.1, 0.15) is 11.4 Å². The molecule has 0 aliphatic rings. The lowest BCUT2D eigenvalue weighted by Crippen LogP contribution is -1.92. The Morgan fingerprint density at radius 1 is 0.944 bits per heavy atom. The summed E-state index contributed by atoms with van der Waals surface area (Å²) in [4.78, 5) is 11.9. The Bertz CT molecular complexity index is 661. The molecule has 18 heavy (non-hydrogen) atoms. The van der Waals surface area contributed by atoms with Gasteiger partial charge in [0, 0.05) is 6.42 Å². The number of aromatic nitrogens is 3. The second kappa shape index (κ2) is 4.78. The molecule has 0 atom stereocenters. The first-order valence-electron chi connectivity index (χ1n) is 5.86. The van der Waals surface area contributed by atoms with Crippen molar-refractivity contribution in [1.82, 2.24) is 15.0 Å². The van der Waals surface area contributed by atoms with Gasteiger partial charge in [0.25, 0.3) is 0 Å². The zero-order valence-corrected chi connectivity index (χ0v) is 10.5. The summed E-state index contributed by atoms with van der Waals surface area (Å²) in [6.07, 6.45) is 1.84. The van der Waals surface area contributed by atoms with Crippen LogP contribution in [0.3, 0.4) is 0 Å². The molecule has 0 fully saturated rings. The van der Waals surface area contributed by atoms with Crippen LogP contribution < -0.4 is 0 Å². The first-order chi connectivity index (χ1) is 8.81. The number of aromatic amines is 1. The van der Waals surface area contributed by atoms with Gasteiger partial charge in [-0.2, -0.15) is 0 Å². The SMILES string of the molecule is Clc1ccc2[nH]c(CCc3ccccc3)nc2n1. The third kappa shape index (κ3) is 2.36. The molecule has 0 aliphatic carbocycles. The van der Waals surface area contributed by atoms with Gasteiger partial charge in [-0.3, -0.25) is 0 Å². The normalized spacial score (nSPS) is 10.9. The number of benzene rings is 1. The molecule has 0 unspecified atom stereocenters. The molecule has 4 heteroatoms. The monoisotopic (exact) mass is 257 g/mol. The summed E-state index contributed by atoms with van der Waals surface area (Å²) in [6, 6.07) is 14.0. The van der Waals surface area contributed by atoms with Gasteiger partial charge in [0.2, 0.25) is 0 Å². The number of H-pyrrole nitrogens is 1. The van der Waals surface area contributed by atoms with Crippen LogP contribution in [-0.4, -0.2) is 15.0 Å². The molecule has 3 rings (SSSR count). The summed E-state index contributed by atoms with van der Waals surface area (Å²) in [5.74, 6) is 0.948. The quantitative estimate of drug-likeness (QED) is 0.731. The van der Waals surface area contributed by atoms with Gasteiger partial charge in [0.15, 0.2) is 5.65 Å². The van der Waals surface area contributed by atoms with Crippen molar-refractivity contribution in [1.29, 1.82) is 0 Å². The van der Waals surface area contributed by atoms with E-state index < -0.39 is 0 Å². The lowest BCUT2D eigenvalue weighted by molar-refractivity contribution is 0.889. The molecule has 90 valence electrons. The van der Waals surface area contributed by atoms with Crippen LogP contribution in [0.25, 0.3) is 11.2 Å². The highest BCUT2D eigenvalue weighted by atomic mass is 35.5. The molecule has 0 saturated carbocycles. The lowest BCUT2D eigenvalue weighted by Gasteiger charge is -1.97. The summed E-state index contributed by atoms with van der Waals surface area (Å²) < 4.78 is 0. The second-order valence-electron chi connectivity index (χ2n) is 4.17. The highest BCUT2D eigenvalue weighted by molar-refractivity contribution is 6.29. The van der Waals surface area contributed by atoms with E-state index in [1.54, 1.807) is 6.07 Å². The minimum atomic E-state index is 0.476. The van der Waals surface area contributed by atoms with Gasteiger partial charge in [0.05, 0.1) is 5.52 Å². The van der Waals surface area contributed by atoms with Gasteiger partial charge in [-0.15, -0.1) is 0 Å². The van der Waals surface area contributed by atoms with Gasteiger partial charge < -0.3 is 4.98 Å². The van der Waals surface area contributed by atoms with Crippen LogP contribution in [0, 0.1) is 0 Å². The Morgan fingerprint density at radius 3 is 2.61 bits per heavy atom. The minimum absolute atomic E-state index is 0.476. The molecule has 0 aliphatic heterocycles. The van der Waals surface area contributed by atoms with E-state index in [1.165, 1.54) is 5.56 Å². The van der Waals surface area contributed by atoms with Crippen molar-refractivity contribution < 1.29 is 0 Å². The number of fused-ring (bicyclic) bond motifs is 1. The van der Waals surface area contributed by atoms with Crippen molar-refractivity contribution in [2.75, 3.05) is 0 Å². The number of pyridine rings is 1. The fourth-order valence-electron chi connectivity index (χ4n) is 1.95. The maximum Gasteiger partial charge on any atom is 0.179 e. The number of hydrogen-bond acceptors (Lipinski definition) is 2. The summed E-state index contributed by atoms with van der Waals surface area (Å²) in [5, 5.41) is 0.476. The standard InChI is InChI=1S/C14H12ClN3/c15-12-8-7-11-14(17-12)18-13(16-11)9-6-10-4-2-1-3-5-10/h1-5,7-8H,6,9H2,(H,16,17,18). The summed E-state index contributed by atoms with van der Waals surface area (Å²) in [5.41, 5.74) is 2.93. The van der Waals surface area contributed by atoms with E-state index in [-0.39, 0.29) is 0 Å². The number of nitrogens with zero attached hydrogens (tertiary/aromatic N) is 2. The molecule has 0 radical (unpaired) electrons. The molecular formula is C14H12ClN3. The second-order valence-corrected chi connectivity index (χ2v) is 4.56. The zero-order chi connectivity index (χ0) is 12.4. The van der Waals surface area contributed by atoms with Crippen LogP contribution >= 0.6 is 11.6 Å². The van der Waals surface area contributed by atoms with Crippen LogP contribution in [0.4, 0.5) is 0 Å². The van der Waals surface area contributed by atoms with E-state index >= 15 is 0 Å².